The Bertz CT molecular complexity index is 442. The van der Waals surface area contributed by atoms with Crippen LogP contribution in [0.2, 0.25) is 0 Å². The summed E-state index contributed by atoms with van der Waals surface area (Å²) in [4.78, 5) is 0. The van der Waals surface area contributed by atoms with E-state index in [9.17, 15) is 13.2 Å². The van der Waals surface area contributed by atoms with Crippen LogP contribution in [0.4, 0.5) is 13.2 Å². The molecule has 1 fully saturated rings. The number of nitrogens with zero attached hydrogens (tertiary/aromatic N) is 2. The van der Waals surface area contributed by atoms with Crippen molar-refractivity contribution in [3.63, 3.8) is 0 Å². The van der Waals surface area contributed by atoms with Gasteiger partial charge in [-0.25, -0.2) is 4.68 Å². The lowest BCUT2D eigenvalue weighted by Gasteiger charge is -2.24. The van der Waals surface area contributed by atoms with Crippen molar-refractivity contribution in [2.75, 3.05) is 13.7 Å². The highest BCUT2D eigenvalue weighted by Crippen LogP contribution is 2.41. The predicted molar refractivity (Wildman–Crippen MR) is 62.2 cm³/mol. The number of aromatic nitrogens is 2. The van der Waals surface area contributed by atoms with Gasteiger partial charge in [0.2, 0.25) is 5.88 Å². The molecule has 2 heterocycles. The van der Waals surface area contributed by atoms with Gasteiger partial charge in [0.15, 0.2) is 6.23 Å². The first-order valence-electron chi connectivity index (χ1n) is 5.89. The zero-order chi connectivity index (χ0) is 14.0. The van der Waals surface area contributed by atoms with Crippen LogP contribution in [0.1, 0.15) is 36.7 Å². The molecule has 0 saturated carbocycles. The van der Waals surface area contributed by atoms with Gasteiger partial charge < -0.3 is 9.47 Å². The molecule has 0 bridgehead atoms. The number of methoxy groups -OCH3 is 1. The Morgan fingerprint density at radius 3 is 2.68 bits per heavy atom. The Morgan fingerprint density at radius 2 is 2.21 bits per heavy atom. The maximum absolute atomic E-state index is 13.0. The molecule has 0 amide bonds. The van der Waals surface area contributed by atoms with E-state index in [2.05, 4.69) is 5.10 Å². The molecule has 1 aliphatic rings. The molecule has 1 unspecified atom stereocenters. The Balaban J connectivity index is 2.46. The van der Waals surface area contributed by atoms with Crippen LogP contribution in [0.25, 0.3) is 0 Å². The number of alkyl halides is 4. The van der Waals surface area contributed by atoms with Crippen LogP contribution in [0.5, 0.6) is 5.88 Å². The number of halogens is 4. The highest BCUT2D eigenvalue weighted by Gasteiger charge is 2.42. The summed E-state index contributed by atoms with van der Waals surface area (Å²) in [7, 11) is 1.18. The van der Waals surface area contributed by atoms with Crippen LogP contribution in [0.3, 0.4) is 0 Å². The summed E-state index contributed by atoms with van der Waals surface area (Å²) in [5.41, 5.74) is -1.15. The standard InChI is InChI=1S/C11H14ClF3N2O2/c1-18-10-9(11(13,14)15)7(6-12)16-17(10)8-4-2-3-5-19-8/h8H,2-6H2,1H3. The van der Waals surface area contributed by atoms with Gasteiger partial charge in [-0.05, 0) is 19.3 Å². The van der Waals surface area contributed by atoms with Crippen molar-refractivity contribution in [1.29, 1.82) is 0 Å². The Labute approximate surface area is 113 Å². The monoisotopic (exact) mass is 298 g/mol. The molecule has 2 rings (SSSR count). The summed E-state index contributed by atoms with van der Waals surface area (Å²) in [5.74, 6) is -0.666. The fourth-order valence-electron chi connectivity index (χ4n) is 2.15. The van der Waals surface area contributed by atoms with Crippen molar-refractivity contribution in [2.24, 2.45) is 0 Å². The minimum absolute atomic E-state index is 0.236. The fourth-order valence-corrected chi connectivity index (χ4v) is 2.34. The molecule has 0 radical (unpaired) electrons. The van der Waals surface area contributed by atoms with Crippen molar-refractivity contribution in [1.82, 2.24) is 9.78 Å². The molecule has 108 valence electrons. The third kappa shape index (κ3) is 2.81. The highest BCUT2D eigenvalue weighted by atomic mass is 35.5. The topological polar surface area (TPSA) is 36.3 Å². The third-order valence-corrected chi connectivity index (χ3v) is 3.22. The normalized spacial score (nSPS) is 20.6. The van der Waals surface area contributed by atoms with Gasteiger partial charge in [0.05, 0.1) is 18.7 Å². The van der Waals surface area contributed by atoms with Gasteiger partial charge in [-0.3, -0.25) is 0 Å². The molecule has 19 heavy (non-hydrogen) atoms. The summed E-state index contributed by atoms with van der Waals surface area (Å²) >= 11 is 5.55. The minimum Gasteiger partial charge on any atom is -0.481 e. The van der Waals surface area contributed by atoms with Gasteiger partial charge in [-0.15, -0.1) is 11.6 Å². The molecule has 1 saturated heterocycles. The molecule has 0 aliphatic carbocycles. The number of rotatable bonds is 3. The largest absolute Gasteiger partial charge is 0.481 e. The lowest BCUT2D eigenvalue weighted by Crippen LogP contribution is -2.20. The molecule has 0 spiro atoms. The Morgan fingerprint density at radius 1 is 1.47 bits per heavy atom. The van der Waals surface area contributed by atoms with Crippen LogP contribution >= 0.6 is 11.6 Å². The minimum atomic E-state index is -4.55. The molecule has 8 heteroatoms. The van der Waals surface area contributed by atoms with Crippen molar-refractivity contribution in [3.8, 4) is 5.88 Å². The number of ether oxygens (including phenoxy) is 2. The smallest absolute Gasteiger partial charge is 0.423 e. The van der Waals surface area contributed by atoms with E-state index < -0.39 is 18.0 Å². The summed E-state index contributed by atoms with van der Waals surface area (Å²) < 4.78 is 50.6. The van der Waals surface area contributed by atoms with Gasteiger partial charge in [0.1, 0.15) is 5.56 Å². The fraction of sp³-hybridized carbons (Fsp3) is 0.727. The second kappa shape index (κ2) is 5.58. The maximum atomic E-state index is 13.0. The first-order chi connectivity index (χ1) is 8.99. The van der Waals surface area contributed by atoms with E-state index in [-0.39, 0.29) is 17.5 Å². The summed E-state index contributed by atoms with van der Waals surface area (Å²) in [5, 5.41) is 3.90. The first kappa shape index (κ1) is 14.5. The Hall–Kier alpha value is -0.950. The summed E-state index contributed by atoms with van der Waals surface area (Å²) in [6.45, 7) is 0.505. The van der Waals surface area contributed by atoms with E-state index in [1.807, 2.05) is 0 Å². The molecule has 1 atom stereocenters. The average Bonchev–Trinajstić information content (AvgIpc) is 2.78. The molecule has 1 aromatic rings. The second-order valence-electron chi connectivity index (χ2n) is 4.23. The van der Waals surface area contributed by atoms with Gasteiger partial charge in [-0.2, -0.15) is 18.3 Å². The highest BCUT2D eigenvalue weighted by molar-refractivity contribution is 6.17. The van der Waals surface area contributed by atoms with E-state index in [0.717, 1.165) is 17.5 Å². The van der Waals surface area contributed by atoms with Crippen molar-refractivity contribution < 1.29 is 22.6 Å². The van der Waals surface area contributed by atoms with E-state index in [1.165, 1.54) is 7.11 Å². The van der Waals surface area contributed by atoms with Crippen LogP contribution in [-0.4, -0.2) is 23.5 Å². The van der Waals surface area contributed by atoms with Crippen LogP contribution in [0, 0.1) is 0 Å². The molecule has 1 aromatic heterocycles. The zero-order valence-corrected chi connectivity index (χ0v) is 11.1. The van der Waals surface area contributed by atoms with E-state index in [0.29, 0.717) is 13.0 Å². The lowest BCUT2D eigenvalue weighted by atomic mass is 10.2. The SMILES string of the molecule is COc1c(C(F)(F)F)c(CCl)nn1C1CCCCO1. The second-order valence-corrected chi connectivity index (χ2v) is 4.50. The van der Waals surface area contributed by atoms with Crippen LogP contribution in [0.15, 0.2) is 0 Å². The summed E-state index contributed by atoms with van der Waals surface area (Å²) in [6, 6.07) is 0. The number of hydrogen-bond acceptors (Lipinski definition) is 3. The van der Waals surface area contributed by atoms with E-state index in [1.54, 1.807) is 0 Å². The predicted octanol–water partition coefficient (Wildman–Crippen LogP) is 3.35. The van der Waals surface area contributed by atoms with Gasteiger partial charge in [0, 0.05) is 6.61 Å². The Kier molecular flexibility index (Phi) is 4.25. The van der Waals surface area contributed by atoms with Crippen LogP contribution in [-0.2, 0) is 16.8 Å². The third-order valence-electron chi connectivity index (χ3n) is 2.97. The first-order valence-corrected chi connectivity index (χ1v) is 6.42. The van der Waals surface area contributed by atoms with Crippen molar-refractivity contribution in [3.05, 3.63) is 11.3 Å². The van der Waals surface area contributed by atoms with Crippen LogP contribution < -0.4 is 4.74 Å². The average molecular weight is 299 g/mol. The quantitative estimate of drug-likeness (QED) is 0.803. The molecule has 0 N–H and O–H groups in total. The molecule has 1 aliphatic heterocycles. The van der Waals surface area contributed by atoms with Crippen molar-refractivity contribution in [2.45, 2.75) is 37.5 Å². The summed E-state index contributed by atoms with van der Waals surface area (Å²) in [6.07, 6.45) is -2.69. The van der Waals surface area contributed by atoms with Gasteiger partial charge >= 0.3 is 6.18 Å². The lowest BCUT2D eigenvalue weighted by molar-refractivity contribution is -0.139. The molecular formula is C11H14ClF3N2O2. The van der Waals surface area contributed by atoms with E-state index in [4.69, 9.17) is 21.1 Å². The molecule has 4 nitrogen and oxygen atoms in total. The molecular weight excluding hydrogens is 285 g/mol. The maximum Gasteiger partial charge on any atom is 0.423 e. The number of hydrogen-bond donors (Lipinski definition) is 0. The zero-order valence-electron chi connectivity index (χ0n) is 10.3. The van der Waals surface area contributed by atoms with Crippen molar-refractivity contribution >= 4 is 11.6 Å². The van der Waals surface area contributed by atoms with Gasteiger partial charge in [-0.1, -0.05) is 0 Å². The van der Waals surface area contributed by atoms with E-state index >= 15 is 0 Å². The van der Waals surface area contributed by atoms with Gasteiger partial charge in [0.25, 0.3) is 0 Å². The molecule has 0 aromatic carbocycles.